The van der Waals surface area contributed by atoms with Crippen molar-refractivity contribution in [1.29, 1.82) is 0 Å². The SMILES string of the molecule is O=C(NC(=S)Nc1ccc(S(=O)(=O)N2CCc3ccccc32)cc1)c1ccco1. The maximum atomic E-state index is 13.0. The summed E-state index contributed by atoms with van der Waals surface area (Å²) in [5.41, 5.74) is 2.29. The monoisotopic (exact) mass is 427 g/mol. The number of fused-ring (bicyclic) bond motifs is 1. The highest BCUT2D eigenvalue weighted by atomic mass is 32.2. The normalized spacial score (nSPS) is 13.0. The van der Waals surface area contributed by atoms with Gasteiger partial charge in [0.2, 0.25) is 0 Å². The van der Waals surface area contributed by atoms with Gasteiger partial charge in [0.15, 0.2) is 10.9 Å². The van der Waals surface area contributed by atoms with Crippen LogP contribution in [0.4, 0.5) is 11.4 Å². The van der Waals surface area contributed by atoms with Crippen LogP contribution in [-0.4, -0.2) is 26.0 Å². The molecular formula is C20H17N3O4S2. The summed E-state index contributed by atoms with van der Waals surface area (Å²) in [4.78, 5) is 12.1. The maximum Gasteiger partial charge on any atom is 0.293 e. The first-order valence-corrected chi connectivity index (χ1v) is 10.7. The van der Waals surface area contributed by atoms with Crippen molar-refractivity contribution in [2.45, 2.75) is 11.3 Å². The average molecular weight is 428 g/mol. The molecule has 1 aliphatic rings. The Balaban J connectivity index is 1.45. The van der Waals surface area contributed by atoms with Crippen LogP contribution >= 0.6 is 12.2 Å². The van der Waals surface area contributed by atoms with Crippen molar-refractivity contribution in [3.63, 3.8) is 0 Å². The standard InChI is InChI=1S/C20H17N3O4S2/c24-19(18-6-3-13-27-18)22-20(28)21-15-7-9-16(10-8-15)29(25,26)23-12-11-14-4-1-2-5-17(14)23/h1-10,13H,11-12H2,(H2,21,22,24,28). The summed E-state index contributed by atoms with van der Waals surface area (Å²) < 4.78 is 32.5. The van der Waals surface area contributed by atoms with E-state index < -0.39 is 15.9 Å². The van der Waals surface area contributed by atoms with E-state index in [2.05, 4.69) is 10.6 Å². The molecule has 1 aliphatic heterocycles. The Hall–Kier alpha value is -3.17. The van der Waals surface area contributed by atoms with Gasteiger partial charge in [-0.05, 0) is 66.7 Å². The van der Waals surface area contributed by atoms with E-state index in [1.807, 2.05) is 24.3 Å². The second-order valence-electron chi connectivity index (χ2n) is 6.37. The van der Waals surface area contributed by atoms with E-state index in [0.29, 0.717) is 18.7 Å². The molecule has 0 radical (unpaired) electrons. The minimum atomic E-state index is -3.66. The third-order valence-electron chi connectivity index (χ3n) is 4.52. The lowest BCUT2D eigenvalue weighted by molar-refractivity contribution is 0.0950. The quantitative estimate of drug-likeness (QED) is 0.622. The Labute approximate surface area is 173 Å². The van der Waals surface area contributed by atoms with Crippen LogP contribution in [0.3, 0.4) is 0 Å². The van der Waals surface area contributed by atoms with Gasteiger partial charge in [-0.25, -0.2) is 8.42 Å². The summed E-state index contributed by atoms with van der Waals surface area (Å²) in [7, 11) is -3.66. The first-order chi connectivity index (χ1) is 13.9. The number of anilines is 2. The molecule has 2 heterocycles. The van der Waals surface area contributed by atoms with Crippen molar-refractivity contribution in [1.82, 2.24) is 5.32 Å². The van der Waals surface area contributed by atoms with E-state index in [0.717, 1.165) is 11.3 Å². The molecule has 0 bridgehead atoms. The van der Waals surface area contributed by atoms with E-state index in [1.54, 1.807) is 18.2 Å². The van der Waals surface area contributed by atoms with Crippen LogP contribution in [0.25, 0.3) is 0 Å². The van der Waals surface area contributed by atoms with Crippen LogP contribution < -0.4 is 14.9 Å². The first kappa shape index (κ1) is 19.2. The highest BCUT2D eigenvalue weighted by Gasteiger charge is 2.30. The molecule has 9 heteroatoms. The number of carbonyl (C=O) groups excluding carboxylic acids is 1. The Morgan fingerprint density at radius 1 is 1.03 bits per heavy atom. The number of benzene rings is 2. The third-order valence-corrected chi connectivity index (χ3v) is 6.55. The van der Waals surface area contributed by atoms with E-state index in [1.165, 1.54) is 28.8 Å². The van der Waals surface area contributed by atoms with Gasteiger partial charge in [0.25, 0.3) is 15.9 Å². The molecule has 2 N–H and O–H groups in total. The highest BCUT2D eigenvalue weighted by molar-refractivity contribution is 7.92. The number of hydrogen-bond donors (Lipinski definition) is 2. The fourth-order valence-corrected chi connectivity index (χ4v) is 4.84. The molecule has 2 aromatic carbocycles. The number of amides is 1. The van der Waals surface area contributed by atoms with Crippen LogP contribution in [0.15, 0.2) is 76.2 Å². The van der Waals surface area contributed by atoms with Crippen molar-refractivity contribution in [3.05, 3.63) is 78.3 Å². The van der Waals surface area contributed by atoms with Gasteiger partial charge in [-0.3, -0.25) is 14.4 Å². The first-order valence-electron chi connectivity index (χ1n) is 8.82. The molecule has 4 rings (SSSR count). The molecule has 0 unspecified atom stereocenters. The van der Waals surface area contributed by atoms with Crippen LogP contribution in [0, 0.1) is 0 Å². The van der Waals surface area contributed by atoms with Gasteiger partial charge in [-0.2, -0.15) is 0 Å². The summed E-state index contributed by atoms with van der Waals surface area (Å²) in [5.74, 6) is -0.333. The van der Waals surface area contributed by atoms with Crippen LogP contribution in [-0.2, 0) is 16.4 Å². The van der Waals surface area contributed by atoms with Crippen LogP contribution in [0.1, 0.15) is 16.1 Å². The predicted molar refractivity (Wildman–Crippen MR) is 114 cm³/mol. The Kier molecular flexibility index (Phi) is 5.08. The number of nitrogens with one attached hydrogen (secondary N) is 2. The molecule has 0 atom stereocenters. The Bertz CT molecular complexity index is 1160. The number of hydrogen-bond acceptors (Lipinski definition) is 5. The van der Waals surface area contributed by atoms with Gasteiger partial charge < -0.3 is 9.73 Å². The topological polar surface area (TPSA) is 91.7 Å². The molecule has 0 saturated carbocycles. The average Bonchev–Trinajstić information content (AvgIpc) is 3.38. The summed E-state index contributed by atoms with van der Waals surface area (Å²) in [6, 6.07) is 16.8. The summed E-state index contributed by atoms with van der Waals surface area (Å²) in [5, 5.41) is 5.42. The summed E-state index contributed by atoms with van der Waals surface area (Å²) >= 11 is 5.11. The van der Waals surface area contributed by atoms with E-state index in [-0.39, 0.29) is 15.8 Å². The van der Waals surface area contributed by atoms with Gasteiger partial charge in [0.05, 0.1) is 16.8 Å². The molecule has 0 aliphatic carbocycles. The molecule has 1 amide bonds. The molecule has 7 nitrogen and oxygen atoms in total. The van der Waals surface area contributed by atoms with Gasteiger partial charge in [-0.1, -0.05) is 18.2 Å². The van der Waals surface area contributed by atoms with Crippen molar-refractivity contribution >= 4 is 44.6 Å². The molecule has 0 spiro atoms. The number of carbonyl (C=O) groups is 1. The fourth-order valence-electron chi connectivity index (χ4n) is 3.13. The lowest BCUT2D eigenvalue weighted by Crippen LogP contribution is -2.33. The summed E-state index contributed by atoms with van der Waals surface area (Å²) in [6.07, 6.45) is 2.09. The molecular weight excluding hydrogens is 410 g/mol. The third kappa shape index (κ3) is 3.87. The fraction of sp³-hybridized carbons (Fsp3) is 0.100. The molecule has 148 valence electrons. The predicted octanol–water partition coefficient (Wildman–Crippen LogP) is 3.16. The molecule has 1 aromatic heterocycles. The number of nitrogens with zero attached hydrogens (tertiary/aromatic N) is 1. The maximum absolute atomic E-state index is 13.0. The summed E-state index contributed by atoms with van der Waals surface area (Å²) in [6.45, 7) is 0.421. The number of rotatable bonds is 4. The largest absolute Gasteiger partial charge is 0.459 e. The minimum Gasteiger partial charge on any atom is -0.459 e. The smallest absolute Gasteiger partial charge is 0.293 e. The molecule has 0 fully saturated rings. The van der Waals surface area contributed by atoms with Crippen molar-refractivity contribution in [2.24, 2.45) is 0 Å². The minimum absolute atomic E-state index is 0.0791. The van der Waals surface area contributed by atoms with Gasteiger partial charge >= 0.3 is 0 Å². The molecule has 0 saturated heterocycles. The van der Waals surface area contributed by atoms with Crippen molar-refractivity contribution < 1.29 is 17.6 Å². The van der Waals surface area contributed by atoms with E-state index in [9.17, 15) is 13.2 Å². The lowest BCUT2D eigenvalue weighted by Gasteiger charge is -2.19. The zero-order chi connectivity index (χ0) is 20.4. The van der Waals surface area contributed by atoms with Crippen LogP contribution in [0.5, 0.6) is 0 Å². The second-order valence-corrected chi connectivity index (χ2v) is 8.64. The van der Waals surface area contributed by atoms with Gasteiger partial charge in [0.1, 0.15) is 0 Å². The highest BCUT2D eigenvalue weighted by Crippen LogP contribution is 2.32. The number of thiocarbonyl (C=S) groups is 1. The second kappa shape index (κ2) is 7.69. The number of para-hydroxylation sites is 1. The Morgan fingerprint density at radius 3 is 2.52 bits per heavy atom. The molecule has 29 heavy (non-hydrogen) atoms. The molecule has 3 aromatic rings. The van der Waals surface area contributed by atoms with Crippen molar-refractivity contribution in [3.8, 4) is 0 Å². The lowest BCUT2D eigenvalue weighted by atomic mass is 10.2. The number of furan rings is 1. The zero-order valence-electron chi connectivity index (χ0n) is 15.2. The van der Waals surface area contributed by atoms with Crippen molar-refractivity contribution in [2.75, 3.05) is 16.2 Å². The van der Waals surface area contributed by atoms with Gasteiger partial charge in [-0.15, -0.1) is 0 Å². The van der Waals surface area contributed by atoms with E-state index >= 15 is 0 Å². The Morgan fingerprint density at radius 2 is 1.79 bits per heavy atom. The van der Waals surface area contributed by atoms with E-state index in [4.69, 9.17) is 16.6 Å². The van der Waals surface area contributed by atoms with Crippen LogP contribution in [0.2, 0.25) is 0 Å². The number of sulfonamides is 1. The van der Waals surface area contributed by atoms with Gasteiger partial charge in [0, 0.05) is 12.2 Å². The zero-order valence-corrected chi connectivity index (χ0v) is 16.8.